The molecule has 0 aliphatic carbocycles. The van der Waals surface area contributed by atoms with Gasteiger partial charge in [0.25, 0.3) is 0 Å². The van der Waals surface area contributed by atoms with Gasteiger partial charge >= 0.3 is 5.97 Å². The van der Waals surface area contributed by atoms with E-state index >= 15 is 0 Å². The molecule has 17 heavy (non-hydrogen) atoms. The molecule has 1 rings (SSSR count). The Morgan fingerprint density at radius 1 is 1.41 bits per heavy atom. The first-order valence-electron chi connectivity index (χ1n) is 5.16. The second kappa shape index (κ2) is 5.43. The van der Waals surface area contributed by atoms with Crippen molar-refractivity contribution in [3.05, 3.63) is 24.0 Å². The summed E-state index contributed by atoms with van der Waals surface area (Å²) in [6.45, 7) is 5.17. The maximum absolute atomic E-state index is 11.3. The number of esters is 1. The monoisotopic (exact) mass is 237 g/mol. The van der Waals surface area contributed by atoms with Crippen LogP contribution in [0, 0.1) is 0 Å². The van der Waals surface area contributed by atoms with E-state index in [0.717, 1.165) is 0 Å². The van der Waals surface area contributed by atoms with E-state index in [4.69, 9.17) is 9.47 Å². The van der Waals surface area contributed by atoms with Crippen LogP contribution in [0.4, 0.5) is 0 Å². The van der Waals surface area contributed by atoms with Gasteiger partial charge in [0.05, 0.1) is 6.20 Å². The number of nitrogens with zero attached hydrogens (tertiary/aromatic N) is 1. The van der Waals surface area contributed by atoms with Crippen LogP contribution in [0.25, 0.3) is 0 Å². The predicted octanol–water partition coefficient (Wildman–Crippen LogP) is 1.61. The summed E-state index contributed by atoms with van der Waals surface area (Å²) in [4.78, 5) is 25.5. The largest absolute Gasteiger partial charge is 0.480 e. The molecule has 5 heteroatoms. The lowest BCUT2D eigenvalue weighted by molar-refractivity contribution is -0.157. The third-order valence-electron chi connectivity index (χ3n) is 1.66. The number of pyridine rings is 1. The van der Waals surface area contributed by atoms with Gasteiger partial charge in [0, 0.05) is 0 Å². The van der Waals surface area contributed by atoms with Crippen LogP contribution in [0.3, 0.4) is 0 Å². The minimum atomic E-state index is -0.528. The van der Waals surface area contributed by atoms with Gasteiger partial charge in [-0.1, -0.05) is 0 Å². The van der Waals surface area contributed by atoms with Crippen molar-refractivity contribution in [2.75, 3.05) is 6.61 Å². The molecule has 0 fully saturated rings. The van der Waals surface area contributed by atoms with Crippen LogP contribution in [-0.2, 0) is 9.53 Å². The minimum absolute atomic E-state index is 0.181. The van der Waals surface area contributed by atoms with Crippen molar-refractivity contribution in [3.63, 3.8) is 0 Å². The number of carbonyl (C=O) groups excluding carboxylic acids is 2. The van der Waals surface area contributed by atoms with E-state index in [-0.39, 0.29) is 6.61 Å². The van der Waals surface area contributed by atoms with Gasteiger partial charge in [0.2, 0.25) is 0 Å². The molecule has 0 spiro atoms. The number of rotatable bonds is 4. The molecule has 0 aliphatic heterocycles. The topological polar surface area (TPSA) is 65.5 Å². The molecule has 0 atom stereocenters. The van der Waals surface area contributed by atoms with Crippen molar-refractivity contribution in [3.8, 4) is 5.75 Å². The molecular weight excluding hydrogens is 222 g/mol. The van der Waals surface area contributed by atoms with Gasteiger partial charge in [0.15, 0.2) is 12.9 Å². The third-order valence-corrected chi connectivity index (χ3v) is 1.66. The van der Waals surface area contributed by atoms with E-state index in [1.807, 2.05) is 0 Å². The molecule has 0 N–H and O–H groups in total. The Balaban J connectivity index is 2.44. The number of ether oxygens (including phenoxy) is 2. The number of hydrogen-bond donors (Lipinski definition) is 0. The van der Waals surface area contributed by atoms with Crippen LogP contribution in [0.5, 0.6) is 5.75 Å². The normalized spacial score (nSPS) is 10.8. The molecule has 1 heterocycles. The van der Waals surface area contributed by atoms with Crippen LogP contribution < -0.4 is 4.74 Å². The number of aromatic nitrogens is 1. The highest BCUT2D eigenvalue weighted by atomic mass is 16.6. The van der Waals surface area contributed by atoms with E-state index in [9.17, 15) is 9.59 Å². The maximum atomic E-state index is 11.3. The smallest absolute Gasteiger partial charge is 0.344 e. The van der Waals surface area contributed by atoms with Crippen molar-refractivity contribution >= 4 is 12.3 Å². The Morgan fingerprint density at radius 2 is 2.12 bits per heavy atom. The fourth-order valence-corrected chi connectivity index (χ4v) is 1.06. The maximum Gasteiger partial charge on any atom is 0.344 e. The molecular formula is C12H15NO4. The van der Waals surface area contributed by atoms with Crippen molar-refractivity contribution in [1.29, 1.82) is 0 Å². The van der Waals surface area contributed by atoms with E-state index in [1.54, 1.807) is 26.8 Å². The lowest BCUT2D eigenvalue weighted by Crippen LogP contribution is -2.27. The number of carbonyl (C=O) groups is 2. The zero-order valence-corrected chi connectivity index (χ0v) is 10.1. The van der Waals surface area contributed by atoms with Crippen molar-refractivity contribution in [2.45, 2.75) is 26.4 Å². The summed E-state index contributed by atoms with van der Waals surface area (Å²) in [6, 6.07) is 3.08. The lowest BCUT2D eigenvalue weighted by atomic mass is 10.2. The Hall–Kier alpha value is -1.91. The van der Waals surface area contributed by atoms with E-state index < -0.39 is 11.6 Å². The SMILES string of the molecule is CC(C)(C)OC(=O)COc1ccc(C=O)nc1. The van der Waals surface area contributed by atoms with Crippen molar-refractivity contribution in [2.24, 2.45) is 0 Å². The highest BCUT2D eigenvalue weighted by Gasteiger charge is 2.16. The molecule has 1 aromatic rings. The molecule has 0 saturated heterocycles. The Morgan fingerprint density at radius 3 is 2.59 bits per heavy atom. The first-order chi connectivity index (χ1) is 7.90. The summed E-state index contributed by atoms with van der Waals surface area (Å²) >= 11 is 0. The van der Waals surface area contributed by atoms with E-state index in [0.29, 0.717) is 17.7 Å². The zero-order valence-electron chi connectivity index (χ0n) is 10.1. The van der Waals surface area contributed by atoms with Gasteiger partial charge < -0.3 is 9.47 Å². The zero-order chi connectivity index (χ0) is 12.9. The fourth-order valence-electron chi connectivity index (χ4n) is 1.06. The summed E-state index contributed by atoms with van der Waals surface area (Å²) < 4.78 is 10.2. The first kappa shape index (κ1) is 13.2. The summed E-state index contributed by atoms with van der Waals surface area (Å²) in [5.74, 6) is -0.0292. The fraction of sp³-hybridized carbons (Fsp3) is 0.417. The molecule has 0 unspecified atom stereocenters. The molecule has 0 bridgehead atoms. The summed E-state index contributed by atoms with van der Waals surface area (Å²) in [5.41, 5.74) is -0.213. The average Bonchev–Trinajstić information content (AvgIpc) is 2.25. The van der Waals surface area contributed by atoms with Crippen molar-refractivity contribution in [1.82, 2.24) is 4.98 Å². The van der Waals surface area contributed by atoms with Gasteiger partial charge in [-0.2, -0.15) is 0 Å². The van der Waals surface area contributed by atoms with Crippen molar-refractivity contribution < 1.29 is 19.1 Å². The Kier molecular flexibility index (Phi) is 4.20. The molecule has 0 aromatic carbocycles. The number of hydrogen-bond acceptors (Lipinski definition) is 5. The predicted molar refractivity (Wildman–Crippen MR) is 61.0 cm³/mol. The highest BCUT2D eigenvalue weighted by molar-refractivity contribution is 5.72. The molecule has 92 valence electrons. The molecule has 0 radical (unpaired) electrons. The van der Waals surface area contributed by atoms with Gasteiger partial charge in [0.1, 0.15) is 17.0 Å². The third kappa shape index (κ3) is 5.10. The van der Waals surface area contributed by atoms with E-state index in [2.05, 4.69) is 4.98 Å². The average molecular weight is 237 g/mol. The molecule has 1 aromatic heterocycles. The van der Waals surface area contributed by atoms with Gasteiger partial charge in [-0.3, -0.25) is 4.79 Å². The van der Waals surface area contributed by atoms with Gasteiger partial charge in [-0.15, -0.1) is 0 Å². The second-order valence-electron chi connectivity index (χ2n) is 4.41. The molecule has 0 amide bonds. The molecule has 5 nitrogen and oxygen atoms in total. The summed E-state index contributed by atoms with van der Waals surface area (Å²) in [6.07, 6.45) is 2.02. The van der Waals surface area contributed by atoms with Gasteiger partial charge in [-0.05, 0) is 32.9 Å². The summed E-state index contributed by atoms with van der Waals surface area (Å²) in [7, 11) is 0. The first-order valence-corrected chi connectivity index (χ1v) is 5.16. The second-order valence-corrected chi connectivity index (χ2v) is 4.41. The quantitative estimate of drug-likeness (QED) is 0.588. The minimum Gasteiger partial charge on any atom is -0.480 e. The molecule has 0 saturated carbocycles. The Labute approximate surface area is 99.8 Å². The Bertz CT molecular complexity index is 392. The lowest BCUT2D eigenvalue weighted by Gasteiger charge is -2.19. The van der Waals surface area contributed by atoms with Crippen LogP contribution in [-0.4, -0.2) is 29.4 Å². The summed E-state index contributed by atoms with van der Waals surface area (Å²) in [5, 5.41) is 0. The van der Waals surface area contributed by atoms with Crippen LogP contribution in [0.2, 0.25) is 0 Å². The van der Waals surface area contributed by atoms with Crippen LogP contribution >= 0.6 is 0 Å². The standard InChI is InChI=1S/C12H15NO4/c1-12(2,3)17-11(15)8-16-10-5-4-9(7-14)13-6-10/h4-7H,8H2,1-3H3. The van der Waals surface area contributed by atoms with E-state index in [1.165, 1.54) is 12.3 Å². The van der Waals surface area contributed by atoms with Crippen LogP contribution in [0.1, 0.15) is 31.3 Å². The number of aldehydes is 1. The van der Waals surface area contributed by atoms with Crippen LogP contribution in [0.15, 0.2) is 18.3 Å². The van der Waals surface area contributed by atoms with Gasteiger partial charge in [-0.25, -0.2) is 9.78 Å². The molecule has 0 aliphatic rings. The highest BCUT2D eigenvalue weighted by Crippen LogP contribution is 2.10.